The Balaban J connectivity index is 2.10. The number of aryl methyl sites for hydroxylation is 1. The Morgan fingerprint density at radius 3 is 2.43 bits per heavy atom. The van der Waals surface area contributed by atoms with Gasteiger partial charge in [-0.05, 0) is 31.9 Å². The summed E-state index contributed by atoms with van der Waals surface area (Å²) >= 11 is 0. The van der Waals surface area contributed by atoms with Gasteiger partial charge in [-0.3, -0.25) is 0 Å². The molecule has 0 aromatic heterocycles. The fourth-order valence-corrected chi connectivity index (χ4v) is 3.36. The number of alkyl halides is 3. The van der Waals surface area contributed by atoms with Crippen LogP contribution in [-0.2, 0) is 10.3 Å². The van der Waals surface area contributed by atoms with Crippen molar-refractivity contribution in [1.82, 2.24) is 4.31 Å². The Morgan fingerprint density at radius 1 is 1.24 bits per heavy atom. The summed E-state index contributed by atoms with van der Waals surface area (Å²) in [6.45, 7) is 1.29. The molecule has 0 bridgehead atoms. The molecule has 2 rings (SSSR count). The number of hydrogen-bond donors (Lipinski definition) is 0. The van der Waals surface area contributed by atoms with E-state index in [1.54, 1.807) is 12.1 Å². The van der Waals surface area contributed by atoms with Crippen molar-refractivity contribution < 1.29 is 25.8 Å². The first kappa shape index (κ1) is 16.1. The van der Waals surface area contributed by atoms with Crippen LogP contribution < -0.4 is 4.18 Å². The molecule has 1 fully saturated rings. The lowest BCUT2D eigenvalue weighted by Crippen LogP contribution is -2.45. The van der Waals surface area contributed by atoms with Crippen LogP contribution in [0.4, 0.5) is 13.2 Å². The lowest BCUT2D eigenvalue weighted by molar-refractivity contribution is -0.182. The first-order valence-corrected chi connectivity index (χ1v) is 7.88. The van der Waals surface area contributed by atoms with E-state index in [1.807, 2.05) is 6.92 Å². The maximum atomic E-state index is 12.7. The van der Waals surface area contributed by atoms with Crippen molar-refractivity contribution in [2.24, 2.45) is 5.92 Å². The zero-order valence-electron chi connectivity index (χ0n) is 11.4. The molecule has 0 N–H and O–H groups in total. The minimum atomic E-state index is -4.39. The second kappa shape index (κ2) is 5.84. The molecule has 1 heterocycles. The lowest BCUT2D eigenvalue weighted by atomic mass is 9.99. The quantitative estimate of drug-likeness (QED) is 0.859. The van der Waals surface area contributed by atoms with Crippen molar-refractivity contribution in [1.29, 1.82) is 0 Å². The van der Waals surface area contributed by atoms with Crippen molar-refractivity contribution in [3.63, 3.8) is 0 Å². The van der Waals surface area contributed by atoms with Crippen LogP contribution in [0.15, 0.2) is 24.3 Å². The maximum Gasteiger partial charge on any atom is 0.393 e. The molecule has 0 amide bonds. The monoisotopic (exact) mass is 323 g/mol. The summed E-state index contributed by atoms with van der Waals surface area (Å²) in [7, 11) is -4.21. The molecule has 0 saturated carbocycles. The normalized spacial score (nSPS) is 21.2. The van der Waals surface area contributed by atoms with E-state index in [1.165, 1.54) is 12.1 Å². The number of benzene rings is 1. The molecule has 21 heavy (non-hydrogen) atoms. The molecular weight excluding hydrogens is 307 g/mol. The van der Waals surface area contributed by atoms with Gasteiger partial charge in [-0.25, -0.2) is 0 Å². The summed E-state index contributed by atoms with van der Waals surface area (Å²) in [5.41, 5.74) is 0.926. The van der Waals surface area contributed by atoms with Crippen molar-refractivity contribution in [2.45, 2.75) is 25.9 Å². The average Bonchev–Trinajstić information content (AvgIpc) is 2.40. The van der Waals surface area contributed by atoms with E-state index in [4.69, 9.17) is 4.18 Å². The Labute approximate surface area is 121 Å². The van der Waals surface area contributed by atoms with Gasteiger partial charge in [0.1, 0.15) is 5.75 Å². The maximum absolute atomic E-state index is 12.7. The molecular formula is C13H16F3NO3S. The minimum Gasteiger partial charge on any atom is -0.371 e. The Kier molecular flexibility index (Phi) is 4.48. The summed E-state index contributed by atoms with van der Waals surface area (Å²) in [6, 6.07) is 6.27. The second-order valence-electron chi connectivity index (χ2n) is 5.09. The van der Waals surface area contributed by atoms with E-state index in [0.717, 1.165) is 9.87 Å². The summed E-state index contributed by atoms with van der Waals surface area (Å²) < 4.78 is 67.9. The molecule has 0 aliphatic carbocycles. The summed E-state index contributed by atoms with van der Waals surface area (Å²) in [5.74, 6) is -1.54. The van der Waals surface area contributed by atoms with Crippen molar-refractivity contribution in [3.05, 3.63) is 29.8 Å². The topological polar surface area (TPSA) is 46.6 Å². The molecule has 1 saturated heterocycles. The third kappa shape index (κ3) is 4.10. The highest BCUT2D eigenvalue weighted by atomic mass is 32.2. The van der Waals surface area contributed by atoms with Gasteiger partial charge in [0.15, 0.2) is 0 Å². The summed E-state index contributed by atoms with van der Waals surface area (Å²) in [6.07, 6.45) is -4.28. The highest BCUT2D eigenvalue weighted by Gasteiger charge is 2.44. The number of nitrogens with zero attached hydrogens (tertiary/aromatic N) is 1. The van der Waals surface area contributed by atoms with Crippen molar-refractivity contribution in [2.75, 3.05) is 13.1 Å². The van der Waals surface area contributed by atoms with Gasteiger partial charge in [0.05, 0.1) is 5.92 Å². The minimum absolute atomic E-state index is 0.0424. The smallest absolute Gasteiger partial charge is 0.371 e. The molecule has 8 heteroatoms. The van der Waals surface area contributed by atoms with Crippen LogP contribution in [0.1, 0.15) is 18.4 Å². The standard InChI is InChI=1S/C13H16F3NO3S/c1-10-4-6-12(7-5-10)20-21(18,19)17-8-2-3-11(9-17)13(14,15)16/h4-7,11H,2-3,8-9H2,1H3/t11-/m1/s1. The van der Waals surface area contributed by atoms with E-state index >= 15 is 0 Å². The SMILES string of the molecule is Cc1ccc(OS(=O)(=O)N2CCC[C@@H](C(F)(F)F)C2)cc1. The van der Waals surface area contributed by atoms with Crippen LogP contribution in [0.5, 0.6) is 5.75 Å². The third-order valence-electron chi connectivity index (χ3n) is 3.39. The Morgan fingerprint density at radius 2 is 1.86 bits per heavy atom. The predicted octanol–water partition coefficient (Wildman–Crippen LogP) is 2.89. The molecule has 4 nitrogen and oxygen atoms in total. The second-order valence-corrected chi connectivity index (χ2v) is 6.63. The zero-order valence-corrected chi connectivity index (χ0v) is 12.2. The first-order valence-electron chi connectivity index (χ1n) is 6.51. The zero-order chi connectivity index (χ0) is 15.7. The number of piperidine rings is 1. The highest BCUT2D eigenvalue weighted by Crippen LogP contribution is 2.34. The number of rotatable bonds is 3. The molecule has 0 spiro atoms. The molecule has 118 valence electrons. The van der Waals surface area contributed by atoms with E-state index in [-0.39, 0.29) is 25.1 Å². The number of hydrogen-bond acceptors (Lipinski definition) is 3. The Bertz CT molecular complexity index is 584. The molecule has 1 atom stereocenters. The fourth-order valence-electron chi connectivity index (χ4n) is 2.18. The summed E-state index contributed by atoms with van der Waals surface area (Å²) in [4.78, 5) is 0. The highest BCUT2D eigenvalue weighted by molar-refractivity contribution is 7.84. The van der Waals surface area contributed by atoms with Gasteiger partial charge < -0.3 is 4.18 Å². The van der Waals surface area contributed by atoms with Gasteiger partial charge in [0, 0.05) is 13.1 Å². The van der Waals surface area contributed by atoms with Gasteiger partial charge in [0.25, 0.3) is 0 Å². The van der Waals surface area contributed by atoms with E-state index < -0.39 is 28.9 Å². The largest absolute Gasteiger partial charge is 0.393 e. The van der Waals surface area contributed by atoms with Crippen LogP contribution in [-0.4, -0.2) is 32.0 Å². The molecule has 1 aliphatic heterocycles. The molecule has 1 aromatic rings. The third-order valence-corrected chi connectivity index (χ3v) is 4.75. The van der Waals surface area contributed by atoms with Crippen LogP contribution in [0, 0.1) is 12.8 Å². The molecule has 1 aliphatic rings. The first-order chi connectivity index (χ1) is 9.68. The van der Waals surface area contributed by atoms with E-state index in [2.05, 4.69) is 0 Å². The van der Waals surface area contributed by atoms with E-state index in [9.17, 15) is 21.6 Å². The van der Waals surface area contributed by atoms with Gasteiger partial charge in [0.2, 0.25) is 0 Å². The predicted molar refractivity (Wildman–Crippen MR) is 71.1 cm³/mol. The van der Waals surface area contributed by atoms with Gasteiger partial charge in [-0.15, -0.1) is 0 Å². The molecule has 1 aromatic carbocycles. The lowest BCUT2D eigenvalue weighted by Gasteiger charge is -2.32. The van der Waals surface area contributed by atoms with Crippen LogP contribution in [0.25, 0.3) is 0 Å². The van der Waals surface area contributed by atoms with Crippen LogP contribution >= 0.6 is 0 Å². The van der Waals surface area contributed by atoms with E-state index in [0.29, 0.717) is 0 Å². The van der Waals surface area contributed by atoms with Crippen molar-refractivity contribution >= 4 is 10.3 Å². The van der Waals surface area contributed by atoms with Gasteiger partial charge in [-0.2, -0.15) is 25.9 Å². The Hall–Kier alpha value is -1.28. The van der Waals surface area contributed by atoms with Gasteiger partial charge >= 0.3 is 16.5 Å². The van der Waals surface area contributed by atoms with Crippen LogP contribution in [0.2, 0.25) is 0 Å². The average molecular weight is 323 g/mol. The van der Waals surface area contributed by atoms with Gasteiger partial charge in [-0.1, -0.05) is 17.7 Å². The fraction of sp³-hybridized carbons (Fsp3) is 0.538. The van der Waals surface area contributed by atoms with Crippen LogP contribution in [0.3, 0.4) is 0 Å². The molecule has 0 unspecified atom stereocenters. The van der Waals surface area contributed by atoms with Crippen molar-refractivity contribution in [3.8, 4) is 5.75 Å². The summed E-state index contributed by atoms with van der Waals surface area (Å²) in [5, 5.41) is 0. The number of halogens is 3. The molecule has 0 radical (unpaired) electrons.